The minimum atomic E-state index is 0.854. The Labute approximate surface area is 138 Å². The molecule has 22 heavy (non-hydrogen) atoms. The molecular formula is C20H28OS. The molecule has 1 unspecified atom stereocenters. The second-order valence-electron chi connectivity index (χ2n) is 7.15. The van der Waals surface area contributed by atoms with Gasteiger partial charge in [-0.2, -0.15) is 0 Å². The molecule has 1 aromatic rings. The molecule has 0 saturated heterocycles. The number of hydrogen-bond acceptors (Lipinski definition) is 2. The normalized spacial score (nSPS) is 29.1. The summed E-state index contributed by atoms with van der Waals surface area (Å²) in [5.74, 6) is 2.90. The van der Waals surface area contributed by atoms with E-state index in [1.54, 1.807) is 11.3 Å². The first-order valence-electron chi connectivity index (χ1n) is 9.04. The highest BCUT2D eigenvalue weighted by molar-refractivity contribution is 7.14. The fourth-order valence-electron chi connectivity index (χ4n) is 4.45. The van der Waals surface area contributed by atoms with Gasteiger partial charge in [-0.15, -0.1) is 11.3 Å². The lowest BCUT2D eigenvalue weighted by atomic mass is 9.71. The van der Waals surface area contributed by atoms with Crippen molar-refractivity contribution in [1.82, 2.24) is 0 Å². The smallest absolute Gasteiger partial charge is 0.160 e. The summed E-state index contributed by atoms with van der Waals surface area (Å²) in [6.07, 6.45) is 15.9. The maximum atomic E-state index is 10.8. The van der Waals surface area contributed by atoms with Gasteiger partial charge in [0.1, 0.15) is 0 Å². The molecule has 1 fully saturated rings. The summed E-state index contributed by atoms with van der Waals surface area (Å²) < 4.78 is 0. The van der Waals surface area contributed by atoms with Crippen molar-refractivity contribution in [3.8, 4) is 0 Å². The predicted molar refractivity (Wildman–Crippen MR) is 95.4 cm³/mol. The van der Waals surface area contributed by atoms with E-state index in [0.29, 0.717) is 0 Å². The summed E-state index contributed by atoms with van der Waals surface area (Å²) in [6.45, 7) is 2.32. The molecule has 1 aromatic heterocycles. The largest absolute Gasteiger partial charge is 0.297 e. The van der Waals surface area contributed by atoms with Gasteiger partial charge in [0.2, 0.25) is 0 Å². The van der Waals surface area contributed by atoms with E-state index in [0.717, 1.165) is 28.9 Å². The maximum absolute atomic E-state index is 10.8. The fraction of sp³-hybridized carbons (Fsp3) is 0.650. The van der Waals surface area contributed by atoms with E-state index in [9.17, 15) is 4.79 Å². The maximum Gasteiger partial charge on any atom is 0.160 e. The van der Waals surface area contributed by atoms with Gasteiger partial charge in [0.15, 0.2) is 6.29 Å². The van der Waals surface area contributed by atoms with Gasteiger partial charge in [0.05, 0.1) is 4.88 Å². The number of thiophene rings is 1. The number of rotatable bonds is 5. The summed E-state index contributed by atoms with van der Waals surface area (Å²) >= 11 is 1.65. The molecule has 0 aliphatic heterocycles. The Morgan fingerprint density at radius 2 is 1.95 bits per heavy atom. The van der Waals surface area contributed by atoms with Crippen molar-refractivity contribution in [3.63, 3.8) is 0 Å². The van der Waals surface area contributed by atoms with Crippen LogP contribution in [-0.4, -0.2) is 6.29 Å². The standard InChI is InChI=1S/C20H28OS/c1-2-3-15-4-6-16(7-5-15)17-8-10-18(11-9-17)20-13-12-19(14-21)22-20/h10,12-17H,2-9,11H2,1H3. The molecule has 2 heteroatoms. The number of aldehydes is 1. The van der Waals surface area contributed by atoms with Crippen LogP contribution < -0.4 is 0 Å². The van der Waals surface area contributed by atoms with Crippen LogP contribution in [0.15, 0.2) is 18.2 Å². The molecule has 120 valence electrons. The van der Waals surface area contributed by atoms with E-state index in [4.69, 9.17) is 0 Å². The molecule has 1 nitrogen and oxygen atoms in total. The summed E-state index contributed by atoms with van der Waals surface area (Å²) in [5, 5.41) is 0. The summed E-state index contributed by atoms with van der Waals surface area (Å²) in [4.78, 5) is 13.0. The molecular weight excluding hydrogens is 288 g/mol. The monoisotopic (exact) mass is 316 g/mol. The zero-order chi connectivity index (χ0) is 15.4. The van der Waals surface area contributed by atoms with Gasteiger partial charge in [0, 0.05) is 4.88 Å². The second-order valence-corrected chi connectivity index (χ2v) is 8.27. The molecule has 3 rings (SSSR count). The highest BCUT2D eigenvalue weighted by Gasteiger charge is 2.28. The molecule has 0 spiro atoms. The Morgan fingerprint density at radius 1 is 1.14 bits per heavy atom. The van der Waals surface area contributed by atoms with Crippen LogP contribution in [0, 0.1) is 17.8 Å². The highest BCUT2D eigenvalue weighted by Crippen LogP contribution is 2.42. The van der Waals surface area contributed by atoms with Crippen LogP contribution in [0.4, 0.5) is 0 Å². The van der Waals surface area contributed by atoms with E-state index in [2.05, 4.69) is 19.1 Å². The van der Waals surface area contributed by atoms with E-state index >= 15 is 0 Å². The molecule has 1 saturated carbocycles. The Morgan fingerprint density at radius 3 is 2.55 bits per heavy atom. The average Bonchev–Trinajstić information content (AvgIpc) is 3.05. The first-order chi connectivity index (χ1) is 10.8. The molecule has 2 aliphatic rings. The molecule has 2 aliphatic carbocycles. The quantitative estimate of drug-likeness (QED) is 0.578. The lowest BCUT2D eigenvalue weighted by molar-refractivity contribution is 0.112. The minimum absolute atomic E-state index is 0.854. The molecule has 0 bridgehead atoms. The van der Waals surface area contributed by atoms with Crippen molar-refractivity contribution in [2.75, 3.05) is 0 Å². The topological polar surface area (TPSA) is 17.1 Å². The lowest BCUT2D eigenvalue weighted by Gasteiger charge is -2.35. The Kier molecular flexibility index (Phi) is 5.51. The van der Waals surface area contributed by atoms with Crippen LogP contribution in [0.2, 0.25) is 0 Å². The molecule has 0 N–H and O–H groups in total. The lowest BCUT2D eigenvalue weighted by Crippen LogP contribution is -2.23. The van der Waals surface area contributed by atoms with Gasteiger partial charge in [-0.05, 0) is 67.6 Å². The van der Waals surface area contributed by atoms with Crippen molar-refractivity contribution >= 4 is 23.2 Å². The van der Waals surface area contributed by atoms with E-state index in [-0.39, 0.29) is 0 Å². The number of carbonyl (C=O) groups excluding carboxylic acids is 1. The van der Waals surface area contributed by atoms with Crippen molar-refractivity contribution < 1.29 is 4.79 Å². The number of carbonyl (C=O) groups is 1. The zero-order valence-corrected chi connectivity index (χ0v) is 14.5. The van der Waals surface area contributed by atoms with Crippen LogP contribution in [0.1, 0.15) is 79.3 Å². The van der Waals surface area contributed by atoms with Gasteiger partial charge >= 0.3 is 0 Å². The molecule has 0 amide bonds. The summed E-state index contributed by atoms with van der Waals surface area (Å²) in [6, 6.07) is 4.07. The van der Waals surface area contributed by atoms with Crippen LogP contribution in [0.5, 0.6) is 0 Å². The third-order valence-corrected chi connectivity index (χ3v) is 6.85. The Hall–Kier alpha value is -0.890. The number of hydrogen-bond donors (Lipinski definition) is 0. The van der Waals surface area contributed by atoms with Gasteiger partial charge in [-0.3, -0.25) is 4.79 Å². The molecule has 1 atom stereocenters. The first kappa shape index (κ1) is 16.0. The van der Waals surface area contributed by atoms with Gasteiger partial charge in [-0.25, -0.2) is 0 Å². The van der Waals surface area contributed by atoms with Gasteiger partial charge in [-0.1, -0.05) is 38.7 Å². The van der Waals surface area contributed by atoms with Crippen LogP contribution in [0.3, 0.4) is 0 Å². The van der Waals surface area contributed by atoms with Crippen molar-refractivity contribution in [2.45, 2.75) is 64.7 Å². The van der Waals surface area contributed by atoms with Crippen LogP contribution >= 0.6 is 11.3 Å². The Balaban J connectivity index is 1.54. The Bertz CT molecular complexity index is 520. The minimum Gasteiger partial charge on any atom is -0.297 e. The third-order valence-electron chi connectivity index (χ3n) is 5.77. The third kappa shape index (κ3) is 3.71. The SMILES string of the molecule is CCCC1CCC(C2CC=C(c3ccc(C=O)s3)CC2)CC1. The average molecular weight is 317 g/mol. The fourth-order valence-corrected chi connectivity index (χ4v) is 5.34. The van der Waals surface area contributed by atoms with Crippen molar-refractivity contribution in [3.05, 3.63) is 28.0 Å². The van der Waals surface area contributed by atoms with E-state index < -0.39 is 0 Å². The van der Waals surface area contributed by atoms with Crippen molar-refractivity contribution in [1.29, 1.82) is 0 Å². The van der Waals surface area contributed by atoms with Gasteiger partial charge < -0.3 is 0 Å². The predicted octanol–water partition coefficient (Wildman–Crippen LogP) is 6.35. The highest BCUT2D eigenvalue weighted by atomic mass is 32.1. The summed E-state index contributed by atoms with van der Waals surface area (Å²) in [5.41, 5.74) is 1.48. The van der Waals surface area contributed by atoms with Crippen LogP contribution in [-0.2, 0) is 0 Å². The second kappa shape index (κ2) is 7.59. The molecule has 0 radical (unpaired) electrons. The van der Waals surface area contributed by atoms with E-state index in [1.807, 2.05) is 6.07 Å². The zero-order valence-electron chi connectivity index (χ0n) is 13.7. The number of allylic oxidation sites excluding steroid dienone is 2. The summed E-state index contributed by atoms with van der Waals surface area (Å²) in [7, 11) is 0. The van der Waals surface area contributed by atoms with Gasteiger partial charge in [0.25, 0.3) is 0 Å². The van der Waals surface area contributed by atoms with Crippen molar-refractivity contribution in [2.24, 2.45) is 17.8 Å². The first-order valence-corrected chi connectivity index (χ1v) is 9.86. The van der Waals surface area contributed by atoms with E-state index in [1.165, 1.54) is 68.2 Å². The van der Waals surface area contributed by atoms with Crippen LogP contribution in [0.25, 0.3) is 5.57 Å². The molecule has 1 heterocycles. The molecule has 0 aromatic carbocycles.